The van der Waals surface area contributed by atoms with Crippen LogP contribution in [0.1, 0.15) is 110 Å². The molecular formula is C26H50O5. The number of aliphatic hydroxyl groups is 3. The Labute approximate surface area is 191 Å². The van der Waals surface area contributed by atoms with Crippen molar-refractivity contribution in [3.8, 4) is 0 Å². The zero-order valence-electron chi connectivity index (χ0n) is 20.1. The molecule has 0 aliphatic carbocycles. The number of aliphatic hydroxyl groups excluding tert-OH is 3. The van der Waals surface area contributed by atoms with Gasteiger partial charge in [-0.05, 0) is 26.2 Å². The maximum atomic E-state index is 9.97. The standard InChI is InChI=1S/C26H50O5/c1-2-3-4-5-6-7-8-9-10-11-12-13-14-15-16-17-18-19-20-30-21-24(28)26-25(29)23(27)22-31-26/h2-3,23-29H,4-22H2,1H3/b3-2+/t23-,24+,25-,26-/m1/s1. The molecule has 0 spiro atoms. The summed E-state index contributed by atoms with van der Waals surface area (Å²) in [5.74, 6) is 0. The van der Waals surface area contributed by atoms with Crippen LogP contribution in [0.2, 0.25) is 0 Å². The van der Waals surface area contributed by atoms with E-state index in [0.717, 1.165) is 12.8 Å². The fourth-order valence-corrected chi connectivity index (χ4v) is 4.19. The van der Waals surface area contributed by atoms with Crippen LogP contribution < -0.4 is 0 Å². The molecule has 5 nitrogen and oxygen atoms in total. The molecule has 0 amide bonds. The molecule has 1 saturated heterocycles. The number of hydrogen-bond acceptors (Lipinski definition) is 5. The van der Waals surface area contributed by atoms with Crippen LogP contribution in [0.4, 0.5) is 0 Å². The number of rotatable bonds is 21. The van der Waals surface area contributed by atoms with Crippen molar-refractivity contribution >= 4 is 0 Å². The first kappa shape index (κ1) is 28.6. The summed E-state index contributed by atoms with van der Waals surface area (Å²) in [5.41, 5.74) is 0. The van der Waals surface area contributed by atoms with Crippen LogP contribution in [-0.2, 0) is 9.47 Å². The summed E-state index contributed by atoms with van der Waals surface area (Å²) < 4.78 is 10.7. The van der Waals surface area contributed by atoms with Crippen molar-refractivity contribution in [3.63, 3.8) is 0 Å². The van der Waals surface area contributed by atoms with Gasteiger partial charge in [0.2, 0.25) is 0 Å². The van der Waals surface area contributed by atoms with Crippen LogP contribution >= 0.6 is 0 Å². The normalized spacial score (nSPS) is 22.5. The summed E-state index contributed by atoms with van der Waals surface area (Å²) in [5, 5.41) is 29.1. The minimum atomic E-state index is -1.03. The molecule has 31 heavy (non-hydrogen) atoms. The van der Waals surface area contributed by atoms with Crippen molar-refractivity contribution in [3.05, 3.63) is 12.2 Å². The van der Waals surface area contributed by atoms with Crippen LogP contribution in [0, 0.1) is 0 Å². The van der Waals surface area contributed by atoms with Gasteiger partial charge < -0.3 is 24.8 Å². The van der Waals surface area contributed by atoms with Crippen LogP contribution in [-0.4, -0.2) is 59.6 Å². The summed E-state index contributed by atoms with van der Waals surface area (Å²) >= 11 is 0. The van der Waals surface area contributed by atoms with Gasteiger partial charge in [-0.1, -0.05) is 95.6 Å². The van der Waals surface area contributed by atoms with E-state index in [4.69, 9.17) is 9.47 Å². The molecule has 0 aromatic carbocycles. The first-order valence-corrected chi connectivity index (χ1v) is 13.0. The molecule has 184 valence electrons. The Morgan fingerprint density at radius 1 is 0.806 bits per heavy atom. The maximum absolute atomic E-state index is 9.97. The molecular weight excluding hydrogens is 392 g/mol. The number of unbranched alkanes of at least 4 members (excludes halogenated alkanes) is 15. The molecule has 0 aromatic heterocycles. The van der Waals surface area contributed by atoms with E-state index in [-0.39, 0.29) is 13.2 Å². The van der Waals surface area contributed by atoms with Gasteiger partial charge in [0.1, 0.15) is 24.4 Å². The summed E-state index contributed by atoms with van der Waals surface area (Å²) in [6, 6.07) is 0. The lowest BCUT2D eigenvalue weighted by molar-refractivity contribution is -0.0813. The SMILES string of the molecule is C/C=C/CCCCCCCCCCCCCCCCCOC[C@H](O)[C@H]1OC[C@@H](O)[C@H]1O. The summed E-state index contributed by atoms with van der Waals surface area (Å²) in [6.07, 6.45) is 22.1. The number of hydrogen-bond donors (Lipinski definition) is 3. The molecule has 3 N–H and O–H groups in total. The molecule has 0 radical (unpaired) electrons. The molecule has 0 aromatic rings. The zero-order valence-corrected chi connectivity index (χ0v) is 20.1. The van der Waals surface area contributed by atoms with Gasteiger partial charge in [-0.25, -0.2) is 0 Å². The highest BCUT2D eigenvalue weighted by Crippen LogP contribution is 2.18. The second-order valence-electron chi connectivity index (χ2n) is 9.16. The van der Waals surface area contributed by atoms with Gasteiger partial charge in [-0.2, -0.15) is 0 Å². The van der Waals surface area contributed by atoms with Gasteiger partial charge in [0.05, 0.1) is 13.2 Å². The van der Waals surface area contributed by atoms with Gasteiger partial charge in [0.15, 0.2) is 0 Å². The Morgan fingerprint density at radius 3 is 1.74 bits per heavy atom. The molecule has 0 unspecified atom stereocenters. The van der Waals surface area contributed by atoms with E-state index in [1.165, 1.54) is 89.9 Å². The lowest BCUT2D eigenvalue weighted by atomic mass is 10.0. The number of ether oxygens (including phenoxy) is 2. The third-order valence-electron chi connectivity index (χ3n) is 6.25. The molecule has 1 aliphatic rings. The molecule has 1 rings (SSSR count). The smallest absolute Gasteiger partial charge is 0.114 e. The second kappa shape index (κ2) is 20.2. The predicted molar refractivity (Wildman–Crippen MR) is 127 cm³/mol. The third-order valence-corrected chi connectivity index (χ3v) is 6.25. The first-order chi connectivity index (χ1) is 15.2. The fraction of sp³-hybridized carbons (Fsp3) is 0.923. The summed E-state index contributed by atoms with van der Waals surface area (Å²) in [6.45, 7) is 2.94. The van der Waals surface area contributed by atoms with E-state index in [1.54, 1.807) is 0 Å². The minimum Gasteiger partial charge on any atom is -0.388 e. The molecule has 1 aliphatic heterocycles. The van der Waals surface area contributed by atoms with E-state index < -0.39 is 24.4 Å². The van der Waals surface area contributed by atoms with E-state index in [1.807, 2.05) is 0 Å². The van der Waals surface area contributed by atoms with Gasteiger partial charge in [0.25, 0.3) is 0 Å². The number of allylic oxidation sites excluding steroid dienone is 2. The monoisotopic (exact) mass is 442 g/mol. The van der Waals surface area contributed by atoms with Crippen LogP contribution in [0.3, 0.4) is 0 Å². The molecule has 1 heterocycles. The molecule has 0 saturated carbocycles. The second-order valence-corrected chi connectivity index (χ2v) is 9.16. The van der Waals surface area contributed by atoms with Crippen LogP contribution in [0.25, 0.3) is 0 Å². The Balaban J connectivity index is 1.73. The third kappa shape index (κ3) is 15.1. The average Bonchev–Trinajstić information content (AvgIpc) is 3.10. The van der Waals surface area contributed by atoms with Crippen molar-refractivity contribution in [1.29, 1.82) is 0 Å². The van der Waals surface area contributed by atoms with Crippen LogP contribution in [0.5, 0.6) is 0 Å². The minimum absolute atomic E-state index is 0.0699. The van der Waals surface area contributed by atoms with E-state index >= 15 is 0 Å². The van der Waals surface area contributed by atoms with Crippen LogP contribution in [0.15, 0.2) is 12.2 Å². The predicted octanol–water partition coefficient (Wildman–Crippen LogP) is 5.30. The van der Waals surface area contributed by atoms with Crippen molar-refractivity contribution in [2.24, 2.45) is 0 Å². The Morgan fingerprint density at radius 2 is 1.29 bits per heavy atom. The van der Waals surface area contributed by atoms with E-state index in [9.17, 15) is 15.3 Å². The summed E-state index contributed by atoms with van der Waals surface area (Å²) in [7, 11) is 0. The highest BCUT2D eigenvalue weighted by molar-refractivity contribution is 4.87. The summed E-state index contributed by atoms with van der Waals surface area (Å²) in [4.78, 5) is 0. The zero-order chi connectivity index (χ0) is 22.6. The fourth-order valence-electron chi connectivity index (χ4n) is 4.19. The highest BCUT2D eigenvalue weighted by Gasteiger charge is 2.39. The van der Waals surface area contributed by atoms with E-state index in [0.29, 0.717) is 6.61 Å². The van der Waals surface area contributed by atoms with Gasteiger partial charge >= 0.3 is 0 Å². The maximum Gasteiger partial charge on any atom is 0.114 e. The van der Waals surface area contributed by atoms with Crippen molar-refractivity contribution in [2.45, 2.75) is 134 Å². The average molecular weight is 443 g/mol. The van der Waals surface area contributed by atoms with Gasteiger partial charge in [-0.15, -0.1) is 0 Å². The van der Waals surface area contributed by atoms with Crippen molar-refractivity contribution in [2.75, 3.05) is 19.8 Å². The molecule has 1 fully saturated rings. The largest absolute Gasteiger partial charge is 0.388 e. The Bertz CT molecular complexity index is 415. The Kier molecular flexibility index (Phi) is 18.6. The molecule has 5 heteroatoms. The van der Waals surface area contributed by atoms with Gasteiger partial charge in [-0.3, -0.25) is 0 Å². The topological polar surface area (TPSA) is 79.2 Å². The van der Waals surface area contributed by atoms with Gasteiger partial charge in [0, 0.05) is 6.61 Å². The van der Waals surface area contributed by atoms with E-state index in [2.05, 4.69) is 19.1 Å². The Hall–Kier alpha value is -0.460. The van der Waals surface area contributed by atoms with Crippen molar-refractivity contribution in [1.82, 2.24) is 0 Å². The first-order valence-electron chi connectivity index (χ1n) is 13.0. The molecule has 0 bridgehead atoms. The lowest BCUT2D eigenvalue weighted by Gasteiger charge is -2.20. The highest BCUT2D eigenvalue weighted by atomic mass is 16.5. The lowest BCUT2D eigenvalue weighted by Crippen LogP contribution is -2.40. The quantitative estimate of drug-likeness (QED) is 0.166. The van der Waals surface area contributed by atoms with Crippen molar-refractivity contribution < 1.29 is 24.8 Å². The molecule has 4 atom stereocenters.